The number of aromatic carboxylic acids is 1. The van der Waals surface area contributed by atoms with Crippen molar-refractivity contribution in [3.8, 4) is 0 Å². The number of aryl methyl sites for hydroxylation is 1. The Kier molecular flexibility index (Phi) is 3.39. The van der Waals surface area contributed by atoms with Crippen LogP contribution in [-0.2, 0) is 0 Å². The van der Waals surface area contributed by atoms with Crippen molar-refractivity contribution in [3.05, 3.63) is 70.1 Å². The highest BCUT2D eigenvalue weighted by atomic mass is 16.4. The lowest BCUT2D eigenvalue weighted by Crippen LogP contribution is -2.02. The molecule has 0 spiro atoms. The van der Waals surface area contributed by atoms with Crippen molar-refractivity contribution in [2.75, 3.05) is 5.32 Å². The minimum atomic E-state index is -0.979. The predicted octanol–water partition coefficient (Wildman–Crippen LogP) is 3.54. The fourth-order valence-corrected chi connectivity index (χ4v) is 2.23. The van der Waals surface area contributed by atoms with E-state index in [9.17, 15) is 9.59 Å². The number of rotatable bonds is 3. The van der Waals surface area contributed by atoms with Gasteiger partial charge in [-0.3, -0.25) is 0 Å². The SMILES string of the molecule is Cc1ccc2oc(=O)cc(Nc3ccc(C(=O)O)cc3)c2c1. The number of benzene rings is 2. The van der Waals surface area contributed by atoms with Crippen LogP contribution in [0.2, 0.25) is 0 Å². The van der Waals surface area contributed by atoms with E-state index in [1.165, 1.54) is 18.2 Å². The molecule has 0 aliphatic carbocycles. The van der Waals surface area contributed by atoms with Crippen LogP contribution in [0.4, 0.5) is 11.4 Å². The van der Waals surface area contributed by atoms with Gasteiger partial charge in [0, 0.05) is 17.1 Å². The summed E-state index contributed by atoms with van der Waals surface area (Å²) in [6, 6.07) is 13.2. The summed E-state index contributed by atoms with van der Waals surface area (Å²) in [5.74, 6) is -0.979. The zero-order chi connectivity index (χ0) is 15.7. The average Bonchev–Trinajstić information content (AvgIpc) is 2.48. The van der Waals surface area contributed by atoms with Gasteiger partial charge in [-0.1, -0.05) is 11.6 Å². The molecule has 0 bridgehead atoms. The molecule has 3 aromatic rings. The number of carbonyl (C=O) groups is 1. The Morgan fingerprint density at radius 3 is 2.50 bits per heavy atom. The van der Waals surface area contributed by atoms with Gasteiger partial charge in [-0.05, 0) is 43.3 Å². The molecule has 22 heavy (non-hydrogen) atoms. The van der Waals surface area contributed by atoms with Crippen molar-refractivity contribution in [1.82, 2.24) is 0 Å². The van der Waals surface area contributed by atoms with Crippen molar-refractivity contribution < 1.29 is 14.3 Å². The molecule has 0 saturated heterocycles. The van der Waals surface area contributed by atoms with Gasteiger partial charge in [0.25, 0.3) is 0 Å². The first-order valence-electron chi connectivity index (χ1n) is 6.68. The number of carboxylic acid groups (broad SMARTS) is 1. The number of anilines is 2. The Morgan fingerprint density at radius 1 is 1.09 bits per heavy atom. The maximum Gasteiger partial charge on any atom is 0.338 e. The van der Waals surface area contributed by atoms with Crippen LogP contribution in [0.3, 0.4) is 0 Å². The summed E-state index contributed by atoms with van der Waals surface area (Å²) < 4.78 is 5.17. The van der Waals surface area contributed by atoms with E-state index in [0.717, 1.165) is 10.9 Å². The fraction of sp³-hybridized carbons (Fsp3) is 0.0588. The van der Waals surface area contributed by atoms with Gasteiger partial charge in [-0.2, -0.15) is 0 Å². The number of carboxylic acids is 1. The number of hydrogen-bond acceptors (Lipinski definition) is 4. The van der Waals surface area contributed by atoms with Gasteiger partial charge >= 0.3 is 11.6 Å². The van der Waals surface area contributed by atoms with Gasteiger partial charge in [-0.25, -0.2) is 9.59 Å². The molecule has 0 radical (unpaired) electrons. The molecule has 0 unspecified atom stereocenters. The van der Waals surface area contributed by atoms with E-state index < -0.39 is 11.6 Å². The third kappa shape index (κ3) is 2.69. The van der Waals surface area contributed by atoms with Crippen LogP contribution >= 0.6 is 0 Å². The van der Waals surface area contributed by atoms with Crippen molar-refractivity contribution in [3.63, 3.8) is 0 Å². The molecule has 2 N–H and O–H groups in total. The fourth-order valence-electron chi connectivity index (χ4n) is 2.23. The maximum atomic E-state index is 11.6. The highest BCUT2D eigenvalue weighted by Gasteiger charge is 2.07. The molecule has 3 rings (SSSR count). The minimum Gasteiger partial charge on any atom is -0.478 e. The van der Waals surface area contributed by atoms with Crippen molar-refractivity contribution >= 4 is 28.3 Å². The van der Waals surface area contributed by atoms with Crippen LogP contribution < -0.4 is 10.9 Å². The summed E-state index contributed by atoms with van der Waals surface area (Å²) in [6.45, 7) is 1.95. The predicted molar refractivity (Wildman–Crippen MR) is 83.9 cm³/mol. The van der Waals surface area contributed by atoms with Gasteiger partial charge < -0.3 is 14.8 Å². The Morgan fingerprint density at radius 2 is 1.82 bits per heavy atom. The summed E-state index contributed by atoms with van der Waals surface area (Å²) in [5, 5.41) is 12.8. The molecule has 1 heterocycles. The number of hydrogen-bond donors (Lipinski definition) is 2. The second kappa shape index (κ2) is 5.37. The summed E-state index contributed by atoms with van der Waals surface area (Å²) in [4.78, 5) is 22.5. The third-order valence-electron chi connectivity index (χ3n) is 3.31. The normalized spacial score (nSPS) is 10.6. The lowest BCUT2D eigenvalue weighted by Gasteiger charge is -2.09. The molecule has 1 aromatic heterocycles. The van der Waals surface area contributed by atoms with Gasteiger partial charge in [0.15, 0.2) is 0 Å². The molecule has 0 aliphatic heterocycles. The zero-order valence-electron chi connectivity index (χ0n) is 11.8. The van der Waals surface area contributed by atoms with Crippen LogP contribution in [-0.4, -0.2) is 11.1 Å². The van der Waals surface area contributed by atoms with Gasteiger partial charge in [0.05, 0.1) is 11.3 Å². The highest BCUT2D eigenvalue weighted by Crippen LogP contribution is 2.26. The Labute approximate surface area is 125 Å². The largest absolute Gasteiger partial charge is 0.478 e. The molecule has 0 fully saturated rings. The lowest BCUT2D eigenvalue weighted by atomic mass is 10.1. The quantitative estimate of drug-likeness (QED) is 0.722. The minimum absolute atomic E-state index is 0.207. The topological polar surface area (TPSA) is 79.5 Å². The lowest BCUT2D eigenvalue weighted by molar-refractivity contribution is 0.0697. The summed E-state index contributed by atoms with van der Waals surface area (Å²) in [5.41, 5.74) is 2.63. The Bertz CT molecular complexity index is 910. The van der Waals surface area contributed by atoms with E-state index in [-0.39, 0.29) is 5.56 Å². The smallest absolute Gasteiger partial charge is 0.338 e. The monoisotopic (exact) mass is 295 g/mol. The molecule has 0 saturated carbocycles. The molecule has 0 atom stereocenters. The second-order valence-corrected chi connectivity index (χ2v) is 4.99. The van der Waals surface area contributed by atoms with E-state index in [0.29, 0.717) is 17.0 Å². The summed E-state index contributed by atoms with van der Waals surface area (Å²) in [7, 11) is 0. The highest BCUT2D eigenvalue weighted by molar-refractivity contribution is 5.92. The van der Waals surface area contributed by atoms with E-state index >= 15 is 0 Å². The van der Waals surface area contributed by atoms with Crippen LogP contribution in [0, 0.1) is 6.92 Å². The van der Waals surface area contributed by atoms with E-state index in [1.54, 1.807) is 18.2 Å². The van der Waals surface area contributed by atoms with Crippen LogP contribution in [0.1, 0.15) is 15.9 Å². The van der Waals surface area contributed by atoms with Crippen LogP contribution in [0.5, 0.6) is 0 Å². The molecule has 0 amide bonds. The Hall–Kier alpha value is -3.08. The summed E-state index contributed by atoms with van der Waals surface area (Å²) in [6.07, 6.45) is 0. The first kappa shape index (κ1) is 13.9. The molecule has 110 valence electrons. The van der Waals surface area contributed by atoms with Crippen molar-refractivity contribution in [2.24, 2.45) is 0 Å². The molecule has 2 aromatic carbocycles. The second-order valence-electron chi connectivity index (χ2n) is 4.99. The molecule has 5 nitrogen and oxygen atoms in total. The molecule has 0 aliphatic rings. The first-order valence-corrected chi connectivity index (χ1v) is 6.68. The van der Waals surface area contributed by atoms with Gasteiger partial charge in [0.2, 0.25) is 0 Å². The Balaban J connectivity index is 2.04. The molecular formula is C17H13NO4. The standard InChI is InChI=1S/C17H13NO4/c1-10-2-7-15-13(8-10)14(9-16(19)22-15)18-12-5-3-11(4-6-12)17(20)21/h2-9,18H,1H3,(H,20,21). The first-order chi connectivity index (χ1) is 10.5. The van der Waals surface area contributed by atoms with Gasteiger partial charge in [-0.15, -0.1) is 0 Å². The van der Waals surface area contributed by atoms with E-state index in [2.05, 4.69) is 5.32 Å². The van der Waals surface area contributed by atoms with Crippen molar-refractivity contribution in [2.45, 2.75) is 6.92 Å². The average molecular weight is 295 g/mol. The van der Waals surface area contributed by atoms with E-state index in [1.807, 2.05) is 19.1 Å². The van der Waals surface area contributed by atoms with Crippen molar-refractivity contribution in [1.29, 1.82) is 0 Å². The van der Waals surface area contributed by atoms with E-state index in [4.69, 9.17) is 9.52 Å². The summed E-state index contributed by atoms with van der Waals surface area (Å²) >= 11 is 0. The number of fused-ring (bicyclic) bond motifs is 1. The molecule has 5 heteroatoms. The molecular weight excluding hydrogens is 282 g/mol. The zero-order valence-corrected chi connectivity index (χ0v) is 11.8. The number of nitrogens with one attached hydrogen (secondary N) is 1. The van der Waals surface area contributed by atoms with Gasteiger partial charge in [0.1, 0.15) is 5.58 Å². The van der Waals surface area contributed by atoms with Crippen LogP contribution in [0.15, 0.2) is 57.7 Å². The van der Waals surface area contributed by atoms with Crippen LogP contribution in [0.25, 0.3) is 11.0 Å². The third-order valence-corrected chi connectivity index (χ3v) is 3.31. The maximum absolute atomic E-state index is 11.6.